The Morgan fingerprint density at radius 1 is 1.06 bits per heavy atom. The molecule has 3 rings (SSSR count). The van der Waals surface area contributed by atoms with E-state index in [2.05, 4.69) is 5.32 Å². The van der Waals surface area contributed by atoms with E-state index >= 15 is 0 Å². The minimum absolute atomic E-state index is 0.195. The SMILES string of the molecule is CCCCOC(=O)c1ccc(NC(=O)CN2CCN(c3ccc(F)c(F)c3)C2=O)cc1. The van der Waals surface area contributed by atoms with Gasteiger partial charge >= 0.3 is 12.0 Å². The van der Waals surface area contributed by atoms with E-state index < -0.39 is 29.5 Å². The van der Waals surface area contributed by atoms with Crippen molar-refractivity contribution in [2.75, 3.05) is 36.5 Å². The van der Waals surface area contributed by atoms with Crippen LogP contribution in [0.3, 0.4) is 0 Å². The lowest BCUT2D eigenvalue weighted by Crippen LogP contribution is -2.37. The highest BCUT2D eigenvalue weighted by atomic mass is 19.2. The molecular formula is C22H23F2N3O4. The standard InChI is InChI=1S/C22H23F2N3O4/c1-2-3-12-31-21(29)15-4-6-16(7-5-15)25-20(28)14-26-10-11-27(22(26)30)17-8-9-18(23)19(24)13-17/h4-9,13H,2-3,10-12,14H2,1H3,(H,25,28). The van der Waals surface area contributed by atoms with Gasteiger partial charge in [-0.2, -0.15) is 0 Å². The van der Waals surface area contributed by atoms with E-state index in [9.17, 15) is 23.2 Å². The number of anilines is 2. The normalized spacial score (nSPS) is 13.5. The van der Waals surface area contributed by atoms with Crippen LogP contribution in [0.5, 0.6) is 0 Å². The number of benzene rings is 2. The van der Waals surface area contributed by atoms with Crippen molar-refractivity contribution in [3.63, 3.8) is 0 Å². The van der Waals surface area contributed by atoms with Crippen molar-refractivity contribution < 1.29 is 27.9 Å². The Kier molecular flexibility index (Phi) is 7.17. The van der Waals surface area contributed by atoms with Crippen LogP contribution in [0.4, 0.5) is 25.0 Å². The summed E-state index contributed by atoms with van der Waals surface area (Å²) in [4.78, 5) is 39.4. The lowest BCUT2D eigenvalue weighted by atomic mass is 10.2. The van der Waals surface area contributed by atoms with Gasteiger partial charge in [0, 0.05) is 30.5 Å². The second-order valence-corrected chi connectivity index (χ2v) is 7.07. The number of amides is 3. The Morgan fingerprint density at radius 3 is 2.48 bits per heavy atom. The monoisotopic (exact) mass is 431 g/mol. The molecule has 0 atom stereocenters. The summed E-state index contributed by atoms with van der Waals surface area (Å²) in [7, 11) is 0. The molecule has 0 bridgehead atoms. The summed E-state index contributed by atoms with van der Waals surface area (Å²) in [5, 5.41) is 2.67. The van der Waals surface area contributed by atoms with Gasteiger partial charge in [-0.05, 0) is 42.8 Å². The van der Waals surface area contributed by atoms with E-state index in [-0.39, 0.29) is 25.3 Å². The maximum Gasteiger partial charge on any atom is 0.338 e. The molecule has 0 unspecified atom stereocenters. The Balaban J connectivity index is 1.53. The zero-order chi connectivity index (χ0) is 22.4. The van der Waals surface area contributed by atoms with Crippen molar-refractivity contribution in [1.29, 1.82) is 0 Å². The first-order chi connectivity index (χ1) is 14.9. The molecule has 1 saturated heterocycles. The first-order valence-corrected chi connectivity index (χ1v) is 9.97. The zero-order valence-corrected chi connectivity index (χ0v) is 17.1. The number of carbonyl (C=O) groups excluding carboxylic acids is 3. The second kappa shape index (κ2) is 10.0. The van der Waals surface area contributed by atoms with Gasteiger partial charge in [-0.15, -0.1) is 0 Å². The molecule has 1 aliphatic heterocycles. The molecule has 0 aromatic heterocycles. The van der Waals surface area contributed by atoms with Gasteiger partial charge in [0.2, 0.25) is 5.91 Å². The van der Waals surface area contributed by atoms with Gasteiger partial charge in [0.05, 0.1) is 12.2 Å². The third kappa shape index (κ3) is 5.56. The molecule has 0 aliphatic carbocycles. The van der Waals surface area contributed by atoms with Crippen LogP contribution < -0.4 is 10.2 Å². The lowest BCUT2D eigenvalue weighted by molar-refractivity contribution is -0.116. The van der Waals surface area contributed by atoms with E-state index in [1.165, 1.54) is 15.9 Å². The summed E-state index contributed by atoms with van der Waals surface area (Å²) in [6, 6.07) is 9.01. The molecule has 0 spiro atoms. The Morgan fingerprint density at radius 2 is 1.81 bits per heavy atom. The summed E-state index contributed by atoms with van der Waals surface area (Å²) in [6.07, 6.45) is 1.72. The molecule has 0 radical (unpaired) electrons. The minimum atomic E-state index is -1.04. The maximum absolute atomic E-state index is 13.4. The molecule has 1 fully saturated rings. The zero-order valence-electron chi connectivity index (χ0n) is 17.1. The predicted molar refractivity (Wildman–Crippen MR) is 111 cm³/mol. The van der Waals surface area contributed by atoms with Crippen LogP contribution in [-0.4, -0.2) is 49.0 Å². The van der Waals surface area contributed by atoms with Crippen molar-refractivity contribution in [3.05, 3.63) is 59.7 Å². The van der Waals surface area contributed by atoms with Crippen LogP contribution in [0.2, 0.25) is 0 Å². The molecule has 164 valence electrons. The van der Waals surface area contributed by atoms with Crippen LogP contribution in [0.15, 0.2) is 42.5 Å². The first-order valence-electron chi connectivity index (χ1n) is 9.97. The molecule has 1 aliphatic rings. The van der Waals surface area contributed by atoms with Crippen molar-refractivity contribution in [1.82, 2.24) is 4.90 Å². The molecule has 1 N–H and O–H groups in total. The third-order valence-corrected chi connectivity index (χ3v) is 4.78. The molecular weight excluding hydrogens is 408 g/mol. The van der Waals surface area contributed by atoms with Gasteiger partial charge in [0.15, 0.2) is 11.6 Å². The van der Waals surface area contributed by atoms with E-state index in [0.717, 1.165) is 25.0 Å². The number of unbranched alkanes of at least 4 members (excludes halogenated alkanes) is 1. The average Bonchev–Trinajstić information content (AvgIpc) is 3.10. The predicted octanol–water partition coefficient (Wildman–Crippen LogP) is 3.80. The number of rotatable bonds is 8. The second-order valence-electron chi connectivity index (χ2n) is 7.07. The number of nitrogens with one attached hydrogen (secondary N) is 1. The fourth-order valence-corrected chi connectivity index (χ4v) is 3.08. The topological polar surface area (TPSA) is 79.0 Å². The smallest absolute Gasteiger partial charge is 0.338 e. The maximum atomic E-state index is 13.4. The fourth-order valence-electron chi connectivity index (χ4n) is 3.08. The fraction of sp³-hybridized carbons (Fsp3) is 0.318. The average molecular weight is 431 g/mol. The number of nitrogens with zero attached hydrogens (tertiary/aromatic N) is 2. The lowest BCUT2D eigenvalue weighted by Gasteiger charge is -2.18. The highest BCUT2D eigenvalue weighted by molar-refractivity contribution is 5.99. The molecule has 2 aromatic carbocycles. The van der Waals surface area contributed by atoms with Crippen molar-refractivity contribution in [2.45, 2.75) is 19.8 Å². The number of hydrogen-bond donors (Lipinski definition) is 1. The number of ether oxygens (including phenoxy) is 1. The molecule has 3 amide bonds. The molecule has 2 aromatic rings. The molecule has 0 saturated carbocycles. The highest BCUT2D eigenvalue weighted by Crippen LogP contribution is 2.22. The molecule has 1 heterocycles. The van der Waals surface area contributed by atoms with Gasteiger partial charge in [0.25, 0.3) is 0 Å². The van der Waals surface area contributed by atoms with Gasteiger partial charge in [0.1, 0.15) is 6.54 Å². The number of hydrogen-bond acceptors (Lipinski definition) is 4. The quantitative estimate of drug-likeness (QED) is 0.509. The molecule has 7 nitrogen and oxygen atoms in total. The Bertz CT molecular complexity index is 966. The van der Waals surface area contributed by atoms with E-state index in [1.54, 1.807) is 24.3 Å². The van der Waals surface area contributed by atoms with Crippen LogP contribution in [-0.2, 0) is 9.53 Å². The van der Waals surface area contributed by atoms with Crippen molar-refractivity contribution >= 4 is 29.3 Å². The summed E-state index contributed by atoms with van der Waals surface area (Å²) < 4.78 is 31.7. The Hall–Kier alpha value is -3.49. The van der Waals surface area contributed by atoms with E-state index in [1.807, 2.05) is 6.92 Å². The van der Waals surface area contributed by atoms with Gasteiger partial charge < -0.3 is 15.0 Å². The third-order valence-electron chi connectivity index (χ3n) is 4.78. The molecule has 9 heteroatoms. The number of carbonyl (C=O) groups is 3. The number of urea groups is 1. The van der Waals surface area contributed by atoms with Gasteiger partial charge in [-0.25, -0.2) is 18.4 Å². The first kappa shape index (κ1) is 22.2. The van der Waals surface area contributed by atoms with Crippen LogP contribution >= 0.6 is 0 Å². The highest BCUT2D eigenvalue weighted by Gasteiger charge is 2.31. The van der Waals surface area contributed by atoms with E-state index in [4.69, 9.17) is 4.74 Å². The van der Waals surface area contributed by atoms with Crippen LogP contribution in [0.25, 0.3) is 0 Å². The largest absolute Gasteiger partial charge is 0.462 e. The summed E-state index contributed by atoms with van der Waals surface area (Å²) in [5.41, 5.74) is 1.08. The van der Waals surface area contributed by atoms with E-state index in [0.29, 0.717) is 17.9 Å². The molecule has 31 heavy (non-hydrogen) atoms. The summed E-state index contributed by atoms with van der Waals surface area (Å²) in [5.74, 6) is -2.88. The summed E-state index contributed by atoms with van der Waals surface area (Å²) in [6.45, 7) is 2.69. The van der Waals surface area contributed by atoms with Crippen LogP contribution in [0.1, 0.15) is 30.1 Å². The number of esters is 1. The minimum Gasteiger partial charge on any atom is -0.462 e. The van der Waals surface area contributed by atoms with Crippen molar-refractivity contribution in [3.8, 4) is 0 Å². The van der Waals surface area contributed by atoms with Gasteiger partial charge in [-0.1, -0.05) is 13.3 Å². The Labute approximate surface area is 178 Å². The summed E-state index contributed by atoms with van der Waals surface area (Å²) >= 11 is 0. The van der Waals surface area contributed by atoms with Gasteiger partial charge in [-0.3, -0.25) is 9.69 Å². The number of halogens is 2. The van der Waals surface area contributed by atoms with Crippen LogP contribution in [0, 0.1) is 11.6 Å². The van der Waals surface area contributed by atoms with Crippen molar-refractivity contribution in [2.24, 2.45) is 0 Å².